The summed E-state index contributed by atoms with van der Waals surface area (Å²) in [6.07, 6.45) is 1.61. The van der Waals surface area contributed by atoms with Crippen molar-refractivity contribution in [3.63, 3.8) is 0 Å². The van der Waals surface area contributed by atoms with Crippen LogP contribution in [0.1, 0.15) is 27.7 Å². The van der Waals surface area contributed by atoms with Gasteiger partial charge in [-0.1, -0.05) is 54.6 Å². The van der Waals surface area contributed by atoms with Gasteiger partial charge in [0.15, 0.2) is 0 Å². The van der Waals surface area contributed by atoms with Gasteiger partial charge >= 0.3 is 7.12 Å². The van der Waals surface area contributed by atoms with Gasteiger partial charge in [0.25, 0.3) is 0 Å². The van der Waals surface area contributed by atoms with Crippen LogP contribution in [0, 0.1) is 0 Å². The fraction of sp³-hybridized carbons (Fsp3) is 0.273. The molecule has 0 bridgehead atoms. The summed E-state index contributed by atoms with van der Waals surface area (Å²) in [5.74, 6) is 0. The lowest BCUT2D eigenvalue weighted by molar-refractivity contribution is 0.00578. The van der Waals surface area contributed by atoms with E-state index >= 15 is 0 Å². The van der Waals surface area contributed by atoms with Crippen molar-refractivity contribution >= 4 is 12.6 Å². The first-order valence-corrected chi connectivity index (χ1v) is 9.19. The molecule has 2 aromatic carbocycles. The number of hydrogen-bond donors (Lipinski definition) is 0. The maximum atomic E-state index is 6.18. The fourth-order valence-corrected chi connectivity index (χ4v) is 3.11. The van der Waals surface area contributed by atoms with Crippen LogP contribution in [0.15, 0.2) is 67.0 Å². The van der Waals surface area contributed by atoms with Gasteiger partial charge in [0.05, 0.1) is 22.6 Å². The highest BCUT2D eigenvalue weighted by molar-refractivity contribution is 6.62. The first-order valence-electron chi connectivity index (χ1n) is 9.19. The summed E-state index contributed by atoms with van der Waals surface area (Å²) in [5.41, 5.74) is 4.14. The molecule has 0 saturated carbocycles. The Morgan fingerprint density at radius 1 is 0.704 bits per heavy atom. The minimum Gasteiger partial charge on any atom is -0.399 e. The molecule has 0 amide bonds. The topological polar surface area (TPSA) is 44.2 Å². The average molecular weight is 358 g/mol. The molecule has 27 heavy (non-hydrogen) atoms. The monoisotopic (exact) mass is 358 g/mol. The molecular formula is C22H23BN2O2. The lowest BCUT2D eigenvalue weighted by atomic mass is 9.78. The van der Waals surface area contributed by atoms with Crippen LogP contribution in [0.25, 0.3) is 22.5 Å². The summed E-state index contributed by atoms with van der Waals surface area (Å²) in [6, 6.07) is 20.3. The number of rotatable bonds is 3. The number of hydrogen-bond acceptors (Lipinski definition) is 4. The number of benzene rings is 2. The molecule has 0 radical (unpaired) electrons. The van der Waals surface area contributed by atoms with Gasteiger partial charge in [-0.15, -0.1) is 0 Å². The van der Waals surface area contributed by atoms with Gasteiger partial charge in [-0.2, -0.15) is 0 Å². The zero-order chi connectivity index (χ0) is 19.1. The van der Waals surface area contributed by atoms with Crippen molar-refractivity contribution in [3.8, 4) is 22.5 Å². The molecule has 1 aliphatic rings. The van der Waals surface area contributed by atoms with E-state index in [1.165, 1.54) is 0 Å². The maximum absolute atomic E-state index is 6.18. The van der Waals surface area contributed by atoms with Gasteiger partial charge in [-0.3, -0.25) is 0 Å². The van der Waals surface area contributed by atoms with Gasteiger partial charge in [0, 0.05) is 5.56 Å². The van der Waals surface area contributed by atoms with Gasteiger partial charge in [0.2, 0.25) is 0 Å². The van der Waals surface area contributed by atoms with Crippen molar-refractivity contribution in [2.24, 2.45) is 0 Å². The van der Waals surface area contributed by atoms with Gasteiger partial charge < -0.3 is 9.31 Å². The van der Waals surface area contributed by atoms with Crippen LogP contribution in [0.5, 0.6) is 0 Å². The highest BCUT2D eigenvalue weighted by Crippen LogP contribution is 2.36. The standard InChI is InChI=1S/C22H23BN2O2/c1-21(2)22(3,4)27-23(26-21)18-12-8-11-17(13-18)20-14-19(24-15-25-20)16-9-6-5-7-10-16/h5-15H,1-4H3. The summed E-state index contributed by atoms with van der Waals surface area (Å²) in [7, 11) is -0.384. The van der Waals surface area contributed by atoms with Crippen molar-refractivity contribution < 1.29 is 9.31 Å². The molecule has 3 aromatic rings. The molecule has 1 fully saturated rings. The third-order valence-electron chi connectivity index (χ3n) is 5.44. The van der Waals surface area contributed by atoms with E-state index in [2.05, 4.69) is 43.7 Å². The predicted molar refractivity (Wildman–Crippen MR) is 109 cm³/mol. The summed E-state index contributed by atoms with van der Waals surface area (Å²) in [5, 5.41) is 0. The second kappa shape index (κ2) is 6.59. The average Bonchev–Trinajstić information content (AvgIpc) is 2.90. The van der Waals surface area contributed by atoms with E-state index in [-0.39, 0.29) is 18.3 Å². The highest BCUT2D eigenvalue weighted by atomic mass is 16.7. The third kappa shape index (κ3) is 3.40. The molecule has 5 heteroatoms. The molecule has 1 aliphatic heterocycles. The van der Waals surface area contributed by atoms with Crippen LogP contribution >= 0.6 is 0 Å². The zero-order valence-corrected chi connectivity index (χ0v) is 16.1. The molecule has 0 atom stereocenters. The Hall–Kier alpha value is -2.50. The molecule has 4 nitrogen and oxygen atoms in total. The molecule has 2 heterocycles. The van der Waals surface area contributed by atoms with E-state index in [9.17, 15) is 0 Å². The van der Waals surface area contributed by atoms with Gasteiger partial charge in [-0.25, -0.2) is 9.97 Å². The first kappa shape index (κ1) is 17.9. The van der Waals surface area contributed by atoms with Gasteiger partial charge in [0.1, 0.15) is 6.33 Å². The molecule has 0 spiro atoms. The highest BCUT2D eigenvalue weighted by Gasteiger charge is 2.51. The summed E-state index contributed by atoms with van der Waals surface area (Å²) < 4.78 is 12.4. The van der Waals surface area contributed by atoms with Crippen LogP contribution in [0.3, 0.4) is 0 Å². The Kier molecular flexibility index (Phi) is 4.37. The molecule has 1 saturated heterocycles. The molecule has 0 unspecified atom stereocenters. The van der Waals surface area contributed by atoms with Crippen molar-refractivity contribution in [2.75, 3.05) is 0 Å². The van der Waals surface area contributed by atoms with E-state index in [1.807, 2.05) is 54.6 Å². The van der Waals surface area contributed by atoms with E-state index in [0.29, 0.717) is 0 Å². The Balaban J connectivity index is 1.66. The van der Waals surface area contributed by atoms with Crippen LogP contribution < -0.4 is 5.46 Å². The Morgan fingerprint density at radius 2 is 1.30 bits per heavy atom. The summed E-state index contributed by atoms with van der Waals surface area (Å²) in [6.45, 7) is 8.25. The smallest absolute Gasteiger partial charge is 0.399 e. The Labute approximate surface area is 160 Å². The first-order chi connectivity index (χ1) is 12.9. The SMILES string of the molecule is CC1(C)OB(c2cccc(-c3cc(-c4ccccc4)ncn3)c2)OC1(C)C. The molecule has 136 valence electrons. The quantitative estimate of drug-likeness (QED) is 0.661. The van der Waals surface area contributed by atoms with Crippen LogP contribution in [0.2, 0.25) is 0 Å². The van der Waals surface area contributed by atoms with E-state index in [0.717, 1.165) is 28.0 Å². The summed E-state index contributed by atoms with van der Waals surface area (Å²) >= 11 is 0. The summed E-state index contributed by atoms with van der Waals surface area (Å²) in [4.78, 5) is 8.88. The largest absolute Gasteiger partial charge is 0.494 e. The normalized spacial score (nSPS) is 17.9. The Bertz CT molecular complexity index is 941. The van der Waals surface area contributed by atoms with Crippen LogP contribution in [-0.4, -0.2) is 28.3 Å². The molecule has 0 aliphatic carbocycles. The fourth-order valence-electron chi connectivity index (χ4n) is 3.11. The van der Waals surface area contributed by atoms with Crippen molar-refractivity contribution in [1.82, 2.24) is 9.97 Å². The van der Waals surface area contributed by atoms with E-state index < -0.39 is 0 Å². The van der Waals surface area contributed by atoms with Crippen molar-refractivity contribution in [2.45, 2.75) is 38.9 Å². The molecule has 4 rings (SSSR count). The molecule has 0 N–H and O–H groups in total. The van der Waals surface area contributed by atoms with E-state index in [1.54, 1.807) is 6.33 Å². The second-order valence-electron chi connectivity index (χ2n) is 7.87. The lowest BCUT2D eigenvalue weighted by Gasteiger charge is -2.32. The Morgan fingerprint density at radius 3 is 1.96 bits per heavy atom. The lowest BCUT2D eigenvalue weighted by Crippen LogP contribution is -2.41. The zero-order valence-electron chi connectivity index (χ0n) is 16.1. The second-order valence-corrected chi connectivity index (χ2v) is 7.87. The van der Waals surface area contributed by atoms with Crippen molar-refractivity contribution in [1.29, 1.82) is 0 Å². The predicted octanol–water partition coefficient (Wildman–Crippen LogP) is 4.11. The number of nitrogens with zero attached hydrogens (tertiary/aromatic N) is 2. The maximum Gasteiger partial charge on any atom is 0.494 e. The molecular weight excluding hydrogens is 335 g/mol. The van der Waals surface area contributed by atoms with Gasteiger partial charge in [-0.05, 0) is 44.8 Å². The minimum absolute atomic E-state index is 0.358. The third-order valence-corrected chi connectivity index (χ3v) is 5.44. The van der Waals surface area contributed by atoms with E-state index in [4.69, 9.17) is 9.31 Å². The minimum atomic E-state index is -0.384. The van der Waals surface area contributed by atoms with Crippen LogP contribution in [-0.2, 0) is 9.31 Å². The molecule has 1 aromatic heterocycles. The number of aromatic nitrogens is 2. The van der Waals surface area contributed by atoms with Crippen molar-refractivity contribution in [3.05, 3.63) is 67.0 Å². The van der Waals surface area contributed by atoms with Crippen LogP contribution in [0.4, 0.5) is 0 Å².